The lowest BCUT2D eigenvalue weighted by Crippen LogP contribution is -2.41. The van der Waals surface area contributed by atoms with Crippen LogP contribution in [0.4, 0.5) is 4.79 Å². The van der Waals surface area contributed by atoms with E-state index in [2.05, 4.69) is 15.5 Å². The number of nitrogens with zero attached hydrogens (tertiary/aromatic N) is 1. The molecule has 0 radical (unpaired) electrons. The normalized spacial score (nSPS) is 21.9. The molecule has 0 aromatic heterocycles. The summed E-state index contributed by atoms with van der Waals surface area (Å²) in [6.07, 6.45) is 8.59. The number of carbonyl (C=O) groups excluding carboxylic acids is 1. The Morgan fingerprint density at radius 1 is 1.12 bits per heavy atom. The molecule has 1 heterocycles. The van der Waals surface area contributed by atoms with Gasteiger partial charge in [0.1, 0.15) is 0 Å². The third-order valence-corrected chi connectivity index (χ3v) is 3.83. The van der Waals surface area contributed by atoms with Crippen molar-refractivity contribution >= 4 is 6.03 Å². The molecule has 2 amide bonds. The molecular weight excluding hydrogens is 214 g/mol. The van der Waals surface area contributed by atoms with Gasteiger partial charge in [0.25, 0.3) is 0 Å². The van der Waals surface area contributed by atoms with E-state index >= 15 is 0 Å². The van der Waals surface area contributed by atoms with Crippen molar-refractivity contribution in [2.45, 2.75) is 51.0 Å². The molecule has 2 rings (SSSR count). The minimum Gasteiger partial charge on any atom is -0.338 e. The number of likely N-dealkylation sites (tertiary alicyclic amines) is 1. The number of nitrogens with one attached hydrogen (secondary N) is 2. The van der Waals surface area contributed by atoms with Gasteiger partial charge in [-0.15, -0.1) is 0 Å². The molecule has 0 spiro atoms. The fourth-order valence-electron chi connectivity index (χ4n) is 2.82. The molecule has 0 atom stereocenters. The van der Waals surface area contributed by atoms with E-state index in [1.165, 1.54) is 38.8 Å². The quantitative estimate of drug-likeness (QED) is 0.717. The zero-order chi connectivity index (χ0) is 11.9. The van der Waals surface area contributed by atoms with Crippen molar-refractivity contribution in [3.8, 4) is 0 Å². The summed E-state index contributed by atoms with van der Waals surface area (Å²) in [5.74, 6) is 0. The summed E-state index contributed by atoms with van der Waals surface area (Å²) in [6.45, 7) is 4.42. The van der Waals surface area contributed by atoms with Crippen molar-refractivity contribution in [3.63, 3.8) is 0 Å². The average Bonchev–Trinajstić information content (AvgIpc) is 2.96. The molecule has 2 N–H and O–H groups in total. The number of rotatable bonds is 5. The first-order valence-corrected chi connectivity index (χ1v) is 7.11. The molecule has 0 aromatic carbocycles. The van der Waals surface area contributed by atoms with E-state index < -0.39 is 0 Å². The van der Waals surface area contributed by atoms with Crippen LogP contribution in [0.3, 0.4) is 0 Å². The smallest absolute Gasteiger partial charge is 0.315 e. The van der Waals surface area contributed by atoms with Gasteiger partial charge in [0.05, 0.1) is 0 Å². The Balaban J connectivity index is 1.47. The minimum atomic E-state index is 0.0262. The molecule has 1 aliphatic heterocycles. The summed E-state index contributed by atoms with van der Waals surface area (Å²) in [7, 11) is 0. The highest BCUT2D eigenvalue weighted by molar-refractivity contribution is 5.74. The first kappa shape index (κ1) is 12.7. The Labute approximate surface area is 104 Å². The highest BCUT2D eigenvalue weighted by Gasteiger charge is 2.16. The van der Waals surface area contributed by atoms with Crippen molar-refractivity contribution in [1.29, 1.82) is 0 Å². The van der Waals surface area contributed by atoms with Crippen LogP contribution in [0.5, 0.6) is 0 Å². The van der Waals surface area contributed by atoms with Gasteiger partial charge < -0.3 is 15.5 Å². The Bertz CT molecular complexity index is 233. The lowest BCUT2D eigenvalue weighted by molar-refractivity contribution is 0.236. The first-order chi connectivity index (χ1) is 8.34. The SMILES string of the molecule is O=C(NCCCN1CCCC1)NC1CCCC1. The molecule has 0 bridgehead atoms. The predicted octanol–water partition coefficient (Wildman–Crippen LogP) is 1.71. The van der Waals surface area contributed by atoms with Crippen LogP contribution in [0.15, 0.2) is 0 Å². The highest BCUT2D eigenvalue weighted by atomic mass is 16.2. The number of carbonyl (C=O) groups is 1. The van der Waals surface area contributed by atoms with Crippen LogP contribution in [0.25, 0.3) is 0 Å². The molecule has 0 unspecified atom stereocenters. The Hall–Kier alpha value is -0.770. The van der Waals surface area contributed by atoms with Crippen molar-refractivity contribution in [1.82, 2.24) is 15.5 Å². The number of urea groups is 1. The number of hydrogen-bond acceptors (Lipinski definition) is 2. The van der Waals surface area contributed by atoms with Crippen molar-refractivity contribution in [2.75, 3.05) is 26.2 Å². The fraction of sp³-hybridized carbons (Fsp3) is 0.923. The number of hydrogen-bond donors (Lipinski definition) is 2. The molecular formula is C13H25N3O. The van der Waals surface area contributed by atoms with Gasteiger partial charge in [0, 0.05) is 12.6 Å². The molecule has 1 aliphatic carbocycles. The second-order valence-electron chi connectivity index (χ2n) is 5.28. The van der Waals surface area contributed by atoms with E-state index in [9.17, 15) is 4.79 Å². The summed E-state index contributed by atoms with van der Waals surface area (Å²) in [4.78, 5) is 14.0. The van der Waals surface area contributed by atoms with Crippen LogP contribution >= 0.6 is 0 Å². The van der Waals surface area contributed by atoms with Gasteiger partial charge in [-0.05, 0) is 51.7 Å². The maximum absolute atomic E-state index is 11.6. The van der Waals surface area contributed by atoms with Crippen molar-refractivity contribution < 1.29 is 4.79 Å². The first-order valence-electron chi connectivity index (χ1n) is 7.11. The van der Waals surface area contributed by atoms with Crippen LogP contribution < -0.4 is 10.6 Å². The summed E-state index contributed by atoms with van der Waals surface area (Å²) < 4.78 is 0. The fourth-order valence-corrected chi connectivity index (χ4v) is 2.82. The third kappa shape index (κ3) is 4.54. The van der Waals surface area contributed by atoms with Gasteiger partial charge in [0.15, 0.2) is 0 Å². The van der Waals surface area contributed by atoms with E-state index in [0.717, 1.165) is 32.4 Å². The standard InChI is InChI=1S/C13H25N3O/c17-13(15-12-6-1-2-7-12)14-8-5-11-16-9-3-4-10-16/h12H,1-11H2,(H2,14,15,17). The molecule has 2 fully saturated rings. The van der Waals surface area contributed by atoms with Crippen LogP contribution in [0.1, 0.15) is 44.9 Å². The van der Waals surface area contributed by atoms with Gasteiger partial charge in [-0.1, -0.05) is 12.8 Å². The monoisotopic (exact) mass is 239 g/mol. The molecule has 4 heteroatoms. The zero-order valence-electron chi connectivity index (χ0n) is 10.7. The van der Waals surface area contributed by atoms with Crippen LogP contribution in [-0.2, 0) is 0 Å². The van der Waals surface area contributed by atoms with Gasteiger partial charge in [-0.25, -0.2) is 4.79 Å². The molecule has 17 heavy (non-hydrogen) atoms. The average molecular weight is 239 g/mol. The predicted molar refractivity (Wildman–Crippen MR) is 69.1 cm³/mol. The molecule has 1 saturated heterocycles. The molecule has 4 nitrogen and oxygen atoms in total. The summed E-state index contributed by atoms with van der Waals surface area (Å²) in [6, 6.07) is 0.451. The van der Waals surface area contributed by atoms with E-state index in [1.807, 2.05) is 0 Å². The molecule has 0 aromatic rings. The van der Waals surface area contributed by atoms with E-state index in [-0.39, 0.29) is 6.03 Å². The maximum Gasteiger partial charge on any atom is 0.315 e. The lowest BCUT2D eigenvalue weighted by Gasteiger charge is -2.15. The second-order valence-corrected chi connectivity index (χ2v) is 5.28. The molecule has 1 saturated carbocycles. The minimum absolute atomic E-state index is 0.0262. The number of amides is 2. The summed E-state index contributed by atoms with van der Waals surface area (Å²) >= 11 is 0. The largest absolute Gasteiger partial charge is 0.338 e. The van der Waals surface area contributed by atoms with Crippen molar-refractivity contribution in [2.24, 2.45) is 0 Å². The zero-order valence-corrected chi connectivity index (χ0v) is 10.7. The topological polar surface area (TPSA) is 44.4 Å². The van der Waals surface area contributed by atoms with E-state index in [0.29, 0.717) is 6.04 Å². The summed E-state index contributed by atoms with van der Waals surface area (Å²) in [5, 5.41) is 6.00. The maximum atomic E-state index is 11.6. The Morgan fingerprint density at radius 3 is 2.53 bits per heavy atom. The van der Waals surface area contributed by atoms with Crippen LogP contribution in [0, 0.1) is 0 Å². The Kier molecular flexibility index (Phi) is 5.10. The Morgan fingerprint density at radius 2 is 1.82 bits per heavy atom. The lowest BCUT2D eigenvalue weighted by atomic mass is 10.2. The van der Waals surface area contributed by atoms with Gasteiger partial charge in [-0.3, -0.25) is 0 Å². The van der Waals surface area contributed by atoms with Gasteiger partial charge in [-0.2, -0.15) is 0 Å². The highest BCUT2D eigenvalue weighted by Crippen LogP contribution is 2.17. The van der Waals surface area contributed by atoms with Crippen LogP contribution in [-0.4, -0.2) is 43.2 Å². The molecule has 2 aliphatic rings. The molecule has 98 valence electrons. The summed E-state index contributed by atoms with van der Waals surface area (Å²) in [5.41, 5.74) is 0. The van der Waals surface area contributed by atoms with E-state index in [1.54, 1.807) is 0 Å². The van der Waals surface area contributed by atoms with Gasteiger partial charge in [0.2, 0.25) is 0 Å². The van der Waals surface area contributed by atoms with Crippen molar-refractivity contribution in [3.05, 3.63) is 0 Å². The van der Waals surface area contributed by atoms with Gasteiger partial charge >= 0.3 is 6.03 Å². The third-order valence-electron chi connectivity index (χ3n) is 3.83. The second kappa shape index (κ2) is 6.84. The van der Waals surface area contributed by atoms with Crippen LogP contribution in [0.2, 0.25) is 0 Å². The van der Waals surface area contributed by atoms with E-state index in [4.69, 9.17) is 0 Å².